The highest BCUT2D eigenvalue weighted by atomic mass is 16.5. The number of nitrogens with zero attached hydrogens (tertiary/aromatic N) is 3. The van der Waals surface area contributed by atoms with E-state index in [9.17, 15) is 9.59 Å². The van der Waals surface area contributed by atoms with Gasteiger partial charge in [0.15, 0.2) is 0 Å². The predicted octanol–water partition coefficient (Wildman–Crippen LogP) is 2.49. The lowest BCUT2D eigenvalue weighted by molar-refractivity contribution is -0.115. The predicted molar refractivity (Wildman–Crippen MR) is 94.6 cm³/mol. The number of anilines is 1. The Balaban J connectivity index is 1.45. The van der Waals surface area contributed by atoms with Crippen LogP contribution in [0, 0.1) is 0 Å². The maximum Gasteiger partial charge on any atom is 0.320 e. The molecule has 0 spiro atoms. The number of rotatable bonds is 4. The van der Waals surface area contributed by atoms with Crippen molar-refractivity contribution in [2.75, 3.05) is 31.5 Å². The molecule has 0 radical (unpaired) electrons. The van der Waals surface area contributed by atoms with Gasteiger partial charge in [-0.25, -0.2) is 9.78 Å². The molecule has 0 unspecified atom stereocenters. The molecule has 2 aliphatic rings. The van der Waals surface area contributed by atoms with Crippen LogP contribution in [0.3, 0.4) is 0 Å². The lowest BCUT2D eigenvalue weighted by atomic mass is 10.1. The van der Waals surface area contributed by atoms with E-state index >= 15 is 0 Å². The van der Waals surface area contributed by atoms with Crippen molar-refractivity contribution in [1.82, 2.24) is 14.8 Å². The number of nitrogens with one attached hydrogen (secondary N) is 1. The van der Waals surface area contributed by atoms with Crippen molar-refractivity contribution in [2.24, 2.45) is 0 Å². The first-order valence-corrected chi connectivity index (χ1v) is 9.12. The summed E-state index contributed by atoms with van der Waals surface area (Å²) in [4.78, 5) is 31.9. The minimum atomic E-state index is -0.0366. The zero-order chi connectivity index (χ0) is 17.6. The fourth-order valence-corrected chi connectivity index (χ4v) is 3.22. The molecule has 7 heteroatoms. The van der Waals surface area contributed by atoms with Crippen molar-refractivity contribution in [3.8, 4) is 5.88 Å². The Bertz CT molecular complexity index is 591. The maximum atomic E-state index is 12.4. The number of amides is 3. The standard InChI is InChI=1S/C18H26N4O3/c1-2-16(23)20-14-5-6-17(19-13-14)25-15-7-11-22(12-8-15)18(24)21-9-3-4-10-21/h5-6,13,15H,2-4,7-12H2,1H3,(H,20,23). The summed E-state index contributed by atoms with van der Waals surface area (Å²) < 4.78 is 5.92. The first-order valence-electron chi connectivity index (χ1n) is 9.12. The Morgan fingerprint density at radius 1 is 1.16 bits per heavy atom. The fourth-order valence-electron chi connectivity index (χ4n) is 3.22. The number of urea groups is 1. The zero-order valence-electron chi connectivity index (χ0n) is 14.7. The maximum absolute atomic E-state index is 12.4. The lowest BCUT2D eigenvalue weighted by Crippen LogP contribution is -2.47. The Labute approximate surface area is 148 Å². The molecule has 2 fully saturated rings. The fraction of sp³-hybridized carbons (Fsp3) is 0.611. The summed E-state index contributed by atoms with van der Waals surface area (Å²) in [6, 6.07) is 3.74. The largest absolute Gasteiger partial charge is 0.474 e. The molecule has 1 N–H and O–H groups in total. The molecule has 1 aromatic heterocycles. The van der Waals surface area contributed by atoms with E-state index < -0.39 is 0 Å². The number of carbonyl (C=O) groups is 2. The Morgan fingerprint density at radius 2 is 1.84 bits per heavy atom. The van der Waals surface area contributed by atoms with E-state index in [1.807, 2.05) is 9.80 Å². The number of aromatic nitrogens is 1. The average molecular weight is 346 g/mol. The van der Waals surface area contributed by atoms with Gasteiger partial charge in [0.05, 0.1) is 11.9 Å². The second kappa shape index (κ2) is 8.18. The van der Waals surface area contributed by atoms with Crippen LogP contribution in [0.1, 0.15) is 39.0 Å². The van der Waals surface area contributed by atoms with Gasteiger partial charge in [-0.3, -0.25) is 4.79 Å². The number of piperidine rings is 1. The molecule has 1 aromatic rings. The summed E-state index contributed by atoms with van der Waals surface area (Å²) in [5.41, 5.74) is 0.672. The van der Waals surface area contributed by atoms with E-state index in [0.717, 1.165) is 51.9 Å². The quantitative estimate of drug-likeness (QED) is 0.909. The number of likely N-dealkylation sites (tertiary alicyclic amines) is 2. The molecule has 0 bridgehead atoms. The van der Waals surface area contributed by atoms with E-state index in [4.69, 9.17) is 4.74 Å². The van der Waals surface area contributed by atoms with Crippen molar-refractivity contribution < 1.29 is 14.3 Å². The van der Waals surface area contributed by atoms with E-state index in [0.29, 0.717) is 18.0 Å². The van der Waals surface area contributed by atoms with Crippen molar-refractivity contribution in [1.29, 1.82) is 0 Å². The molecule has 0 aliphatic carbocycles. The van der Waals surface area contributed by atoms with Gasteiger partial charge in [-0.2, -0.15) is 0 Å². The van der Waals surface area contributed by atoms with Gasteiger partial charge < -0.3 is 19.9 Å². The Kier molecular flexibility index (Phi) is 5.73. The summed E-state index contributed by atoms with van der Waals surface area (Å²) in [7, 11) is 0. The molecule has 25 heavy (non-hydrogen) atoms. The molecule has 2 saturated heterocycles. The minimum Gasteiger partial charge on any atom is -0.474 e. The second-order valence-corrected chi connectivity index (χ2v) is 6.57. The topological polar surface area (TPSA) is 74.8 Å². The Hall–Kier alpha value is -2.31. The van der Waals surface area contributed by atoms with Crippen molar-refractivity contribution in [3.05, 3.63) is 18.3 Å². The van der Waals surface area contributed by atoms with E-state index in [2.05, 4.69) is 10.3 Å². The number of ether oxygens (including phenoxy) is 1. The van der Waals surface area contributed by atoms with Gasteiger partial charge in [0.25, 0.3) is 0 Å². The second-order valence-electron chi connectivity index (χ2n) is 6.57. The van der Waals surface area contributed by atoms with E-state index in [-0.39, 0.29) is 18.0 Å². The summed E-state index contributed by atoms with van der Waals surface area (Å²) in [5, 5.41) is 2.76. The normalized spacial score (nSPS) is 18.3. The van der Waals surface area contributed by atoms with Crippen LogP contribution in [0.4, 0.5) is 10.5 Å². The number of carbonyl (C=O) groups excluding carboxylic acids is 2. The van der Waals surface area contributed by atoms with Gasteiger partial charge in [-0.05, 0) is 18.9 Å². The van der Waals surface area contributed by atoms with Gasteiger partial charge in [0.1, 0.15) is 6.10 Å². The van der Waals surface area contributed by atoms with Crippen LogP contribution in [0.5, 0.6) is 5.88 Å². The van der Waals surface area contributed by atoms with Crippen molar-refractivity contribution >= 4 is 17.6 Å². The monoisotopic (exact) mass is 346 g/mol. The first-order chi connectivity index (χ1) is 12.2. The van der Waals surface area contributed by atoms with Gasteiger partial charge >= 0.3 is 6.03 Å². The molecule has 0 aromatic carbocycles. The highest BCUT2D eigenvalue weighted by molar-refractivity contribution is 5.90. The molecular weight excluding hydrogens is 320 g/mol. The molecule has 7 nitrogen and oxygen atoms in total. The van der Waals surface area contributed by atoms with Crippen molar-refractivity contribution in [2.45, 2.75) is 45.1 Å². The van der Waals surface area contributed by atoms with Crippen molar-refractivity contribution in [3.63, 3.8) is 0 Å². The highest BCUT2D eigenvalue weighted by Gasteiger charge is 2.28. The molecule has 0 saturated carbocycles. The van der Waals surface area contributed by atoms with Crippen LogP contribution >= 0.6 is 0 Å². The third kappa shape index (κ3) is 4.61. The van der Waals surface area contributed by atoms with Crippen LogP contribution in [-0.2, 0) is 4.79 Å². The van der Waals surface area contributed by atoms with E-state index in [1.54, 1.807) is 25.3 Å². The van der Waals surface area contributed by atoms with Crippen LogP contribution in [0.2, 0.25) is 0 Å². The van der Waals surface area contributed by atoms with E-state index in [1.165, 1.54) is 0 Å². The van der Waals surface area contributed by atoms with Gasteiger partial charge in [0.2, 0.25) is 11.8 Å². The van der Waals surface area contributed by atoms with Crippen LogP contribution < -0.4 is 10.1 Å². The molecule has 0 atom stereocenters. The molecule has 2 aliphatic heterocycles. The lowest BCUT2D eigenvalue weighted by Gasteiger charge is -2.34. The number of pyridine rings is 1. The minimum absolute atomic E-state index is 0.0366. The molecule has 136 valence electrons. The van der Waals surface area contributed by atoms with Gasteiger partial charge in [0, 0.05) is 51.5 Å². The molecule has 3 amide bonds. The summed E-state index contributed by atoms with van der Waals surface area (Å²) in [5.74, 6) is 0.518. The third-order valence-corrected chi connectivity index (χ3v) is 4.72. The third-order valence-electron chi connectivity index (χ3n) is 4.72. The summed E-state index contributed by atoms with van der Waals surface area (Å²) >= 11 is 0. The van der Waals surface area contributed by atoms with Crippen LogP contribution in [0.15, 0.2) is 18.3 Å². The highest BCUT2D eigenvalue weighted by Crippen LogP contribution is 2.20. The van der Waals surface area contributed by atoms with Crippen LogP contribution in [-0.4, -0.2) is 59.0 Å². The van der Waals surface area contributed by atoms with Gasteiger partial charge in [-0.15, -0.1) is 0 Å². The smallest absolute Gasteiger partial charge is 0.320 e. The van der Waals surface area contributed by atoms with Gasteiger partial charge in [-0.1, -0.05) is 6.92 Å². The Morgan fingerprint density at radius 3 is 2.44 bits per heavy atom. The van der Waals surface area contributed by atoms with Crippen LogP contribution in [0.25, 0.3) is 0 Å². The molecular formula is C18H26N4O3. The first kappa shape index (κ1) is 17.5. The molecule has 3 rings (SSSR count). The SMILES string of the molecule is CCC(=O)Nc1ccc(OC2CCN(C(=O)N3CCCC3)CC2)nc1. The number of hydrogen-bond acceptors (Lipinski definition) is 4. The summed E-state index contributed by atoms with van der Waals surface area (Å²) in [6.45, 7) is 5.04. The zero-order valence-corrected chi connectivity index (χ0v) is 14.7. The summed E-state index contributed by atoms with van der Waals surface area (Å²) in [6.07, 6.45) is 5.98. The number of hydrogen-bond donors (Lipinski definition) is 1. The molecule has 3 heterocycles. The average Bonchev–Trinajstić information content (AvgIpc) is 3.18.